The third kappa shape index (κ3) is 6.29. The van der Waals surface area contributed by atoms with Gasteiger partial charge in [-0.05, 0) is 38.1 Å². The molecular formula is C18H24Cl3N3O2S. The summed E-state index contributed by atoms with van der Waals surface area (Å²) < 4.78 is 5.80. The number of oxazole rings is 1. The summed E-state index contributed by atoms with van der Waals surface area (Å²) in [5, 5.41) is 3.87. The van der Waals surface area contributed by atoms with Crippen molar-refractivity contribution in [2.45, 2.75) is 30.9 Å². The first-order chi connectivity index (χ1) is 12.0. The molecule has 0 radical (unpaired) electrons. The summed E-state index contributed by atoms with van der Waals surface area (Å²) in [5.74, 6) is 2.09. The van der Waals surface area contributed by atoms with Crippen molar-refractivity contribution in [1.82, 2.24) is 15.2 Å². The average molecular weight is 453 g/mol. The summed E-state index contributed by atoms with van der Waals surface area (Å²) in [4.78, 5) is 18.9. The van der Waals surface area contributed by atoms with Crippen LogP contribution in [-0.2, 0) is 10.5 Å². The third-order valence-electron chi connectivity index (χ3n) is 4.27. The number of benzene rings is 1. The van der Waals surface area contributed by atoms with Gasteiger partial charge in [-0.3, -0.25) is 4.79 Å². The number of aromatic nitrogens is 1. The van der Waals surface area contributed by atoms with E-state index in [0.29, 0.717) is 22.4 Å². The van der Waals surface area contributed by atoms with Crippen molar-refractivity contribution < 1.29 is 9.21 Å². The van der Waals surface area contributed by atoms with E-state index < -0.39 is 0 Å². The van der Waals surface area contributed by atoms with E-state index in [4.69, 9.17) is 16.0 Å². The topological polar surface area (TPSA) is 58.4 Å². The van der Waals surface area contributed by atoms with Crippen LogP contribution in [0.3, 0.4) is 0 Å². The molecule has 1 aliphatic rings. The second-order valence-electron chi connectivity index (χ2n) is 6.16. The summed E-state index contributed by atoms with van der Waals surface area (Å²) in [6.45, 7) is 6.51. The standard InChI is InChI=1S/C18H22ClN3O2S.2ClH/c1-12-9-20-7-8-22(12)18(23)13(2)25-11-17-21-10-16(24-17)14-3-5-15(19)6-4-14;;/h3-6,10,12-13,20H,7-9,11H2,1-2H3;2*1H/t12-,13?;;/m0../s1. The molecule has 0 bridgehead atoms. The van der Waals surface area contributed by atoms with Crippen molar-refractivity contribution in [1.29, 1.82) is 0 Å². The summed E-state index contributed by atoms with van der Waals surface area (Å²) in [6.07, 6.45) is 1.71. The number of amides is 1. The van der Waals surface area contributed by atoms with Crippen LogP contribution in [0.15, 0.2) is 34.9 Å². The Balaban J connectivity index is 0.00000182. The zero-order valence-electron chi connectivity index (χ0n) is 15.2. The molecular weight excluding hydrogens is 429 g/mol. The third-order valence-corrected chi connectivity index (χ3v) is 5.64. The maximum atomic E-state index is 12.6. The number of piperazine rings is 1. The van der Waals surface area contributed by atoms with Crippen molar-refractivity contribution in [3.05, 3.63) is 41.4 Å². The van der Waals surface area contributed by atoms with E-state index in [1.807, 2.05) is 36.1 Å². The van der Waals surface area contributed by atoms with E-state index in [0.717, 1.165) is 25.2 Å². The van der Waals surface area contributed by atoms with Crippen LogP contribution in [-0.4, -0.2) is 46.7 Å². The molecule has 1 unspecified atom stereocenters. The van der Waals surface area contributed by atoms with E-state index in [9.17, 15) is 4.79 Å². The Hall–Kier alpha value is -0.920. The normalized spacial score (nSPS) is 17.6. The van der Waals surface area contributed by atoms with Gasteiger partial charge in [0.25, 0.3) is 0 Å². The van der Waals surface area contributed by atoms with Gasteiger partial charge in [-0.1, -0.05) is 11.6 Å². The number of nitrogens with one attached hydrogen (secondary N) is 1. The van der Waals surface area contributed by atoms with Crippen LogP contribution < -0.4 is 5.32 Å². The van der Waals surface area contributed by atoms with Gasteiger partial charge >= 0.3 is 0 Å². The van der Waals surface area contributed by atoms with Crippen LogP contribution in [0.1, 0.15) is 19.7 Å². The maximum Gasteiger partial charge on any atom is 0.235 e. The molecule has 1 amide bonds. The van der Waals surface area contributed by atoms with E-state index in [2.05, 4.69) is 17.2 Å². The van der Waals surface area contributed by atoms with Crippen LogP contribution in [0.4, 0.5) is 0 Å². The molecule has 1 N–H and O–H groups in total. The lowest BCUT2D eigenvalue weighted by atomic mass is 10.2. The fraction of sp³-hybridized carbons (Fsp3) is 0.444. The second-order valence-corrected chi connectivity index (χ2v) is 7.93. The van der Waals surface area contributed by atoms with E-state index in [1.54, 1.807) is 18.0 Å². The summed E-state index contributed by atoms with van der Waals surface area (Å²) in [6, 6.07) is 7.68. The monoisotopic (exact) mass is 451 g/mol. The predicted octanol–water partition coefficient (Wildman–Crippen LogP) is 4.28. The lowest BCUT2D eigenvalue weighted by Crippen LogP contribution is -2.54. The first-order valence-electron chi connectivity index (χ1n) is 8.38. The number of hydrogen-bond acceptors (Lipinski definition) is 5. The SMILES string of the molecule is CC(SCc1ncc(-c2ccc(Cl)cc2)o1)C(=O)N1CCNC[C@@H]1C.Cl.Cl. The Bertz CT molecular complexity index is 727. The van der Waals surface area contributed by atoms with Gasteiger partial charge in [0.1, 0.15) is 0 Å². The molecule has 27 heavy (non-hydrogen) atoms. The molecule has 0 aliphatic carbocycles. The second kappa shape index (κ2) is 11.2. The van der Waals surface area contributed by atoms with Gasteiger partial charge in [-0.2, -0.15) is 0 Å². The first kappa shape index (κ1) is 24.1. The Kier molecular flexibility index (Phi) is 9.98. The minimum atomic E-state index is -0.119. The van der Waals surface area contributed by atoms with E-state index in [-0.39, 0.29) is 42.0 Å². The van der Waals surface area contributed by atoms with Crippen LogP contribution >= 0.6 is 48.2 Å². The first-order valence-corrected chi connectivity index (χ1v) is 9.80. The van der Waals surface area contributed by atoms with Crippen LogP contribution in [0.2, 0.25) is 5.02 Å². The Morgan fingerprint density at radius 1 is 1.41 bits per heavy atom. The highest BCUT2D eigenvalue weighted by Gasteiger charge is 2.27. The molecule has 150 valence electrons. The number of halogens is 3. The van der Waals surface area contributed by atoms with Crippen molar-refractivity contribution in [3.63, 3.8) is 0 Å². The molecule has 1 aromatic carbocycles. The zero-order valence-corrected chi connectivity index (χ0v) is 18.4. The number of nitrogens with zero attached hydrogens (tertiary/aromatic N) is 2. The van der Waals surface area contributed by atoms with Gasteiger partial charge in [-0.15, -0.1) is 36.6 Å². The smallest absolute Gasteiger partial charge is 0.235 e. The van der Waals surface area contributed by atoms with Gasteiger partial charge in [0, 0.05) is 36.3 Å². The molecule has 2 heterocycles. The minimum absolute atomic E-state index is 0. The summed E-state index contributed by atoms with van der Waals surface area (Å²) in [7, 11) is 0. The Labute approximate surface area is 181 Å². The fourth-order valence-corrected chi connectivity index (χ4v) is 3.72. The van der Waals surface area contributed by atoms with Crippen LogP contribution in [0, 0.1) is 0 Å². The van der Waals surface area contributed by atoms with Gasteiger partial charge in [-0.25, -0.2) is 4.98 Å². The average Bonchev–Trinajstić information content (AvgIpc) is 3.09. The van der Waals surface area contributed by atoms with Crippen LogP contribution in [0.25, 0.3) is 11.3 Å². The highest BCUT2D eigenvalue weighted by Crippen LogP contribution is 2.25. The van der Waals surface area contributed by atoms with Crippen molar-refractivity contribution >= 4 is 54.1 Å². The van der Waals surface area contributed by atoms with Crippen molar-refractivity contribution in [3.8, 4) is 11.3 Å². The van der Waals surface area contributed by atoms with Gasteiger partial charge in [0.15, 0.2) is 5.76 Å². The number of rotatable bonds is 5. The highest BCUT2D eigenvalue weighted by atomic mass is 35.5. The molecule has 2 atom stereocenters. The molecule has 9 heteroatoms. The maximum absolute atomic E-state index is 12.6. The molecule has 1 saturated heterocycles. The molecule has 0 saturated carbocycles. The van der Waals surface area contributed by atoms with Gasteiger partial charge in [0.05, 0.1) is 17.2 Å². The van der Waals surface area contributed by atoms with Gasteiger partial charge in [0.2, 0.25) is 11.8 Å². The molecule has 1 aromatic heterocycles. The number of hydrogen-bond donors (Lipinski definition) is 1. The van der Waals surface area contributed by atoms with Crippen molar-refractivity contribution in [2.75, 3.05) is 19.6 Å². The summed E-state index contributed by atoms with van der Waals surface area (Å²) >= 11 is 7.46. The molecule has 2 aromatic rings. The Morgan fingerprint density at radius 3 is 2.78 bits per heavy atom. The zero-order chi connectivity index (χ0) is 17.8. The molecule has 3 rings (SSSR count). The highest BCUT2D eigenvalue weighted by molar-refractivity contribution is 7.99. The van der Waals surface area contributed by atoms with Crippen LogP contribution in [0.5, 0.6) is 0 Å². The molecule has 5 nitrogen and oxygen atoms in total. The lowest BCUT2D eigenvalue weighted by Gasteiger charge is -2.35. The molecule has 1 fully saturated rings. The molecule has 1 aliphatic heterocycles. The van der Waals surface area contributed by atoms with Gasteiger partial charge < -0.3 is 14.6 Å². The Morgan fingerprint density at radius 2 is 2.11 bits per heavy atom. The summed E-state index contributed by atoms with van der Waals surface area (Å²) in [5.41, 5.74) is 0.937. The predicted molar refractivity (Wildman–Crippen MR) is 116 cm³/mol. The minimum Gasteiger partial charge on any atom is -0.440 e. The lowest BCUT2D eigenvalue weighted by molar-refractivity contribution is -0.133. The quantitative estimate of drug-likeness (QED) is 0.734. The molecule has 0 spiro atoms. The number of carbonyl (C=O) groups is 1. The number of thioether (sulfide) groups is 1. The number of carbonyl (C=O) groups excluding carboxylic acids is 1. The largest absolute Gasteiger partial charge is 0.440 e. The fourth-order valence-electron chi connectivity index (χ4n) is 2.79. The van der Waals surface area contributed by atoms with E-state index >= 15 is 0 Å². The van der Waals surface area contributed by atoms with E-state index in [1.165, 1.54) is 0 Å². The van der Waals surface area contributed by atoms with Crippen molar-refractivity contribution in [2.24, 2.45) is 0 Å².